The molecule has 0 spiro atoms. The standard InChI is InChI=1S/C14H14BrN3O/c1-9-3-4-10(7-12(9)15)18-14(19)13-6-5-11(16-2)8-17-13/h3-8,16H,1-2H3,(H,18,19). The first-order valence-corrected chi connectivity index (χ1v) is 6.61. The zero-order valence-corrected chi connectivity index (χ0v) is 12.3. The lowest BCUT2D eigenvalue weighted by Crippen LogP contribution is -2.13. The number of amides is 1. The number of benzene rings is 1. The summed E-state index contributed by atoms with van der Waals surface area (Å²) in [5.74, 6) is -0.224. The Hall–Kier alpha value is -1.88. The van der Waals surface area contributed by atoms with E-state index in [0.717, 1.165) is 21.4 Å². The van der Waals surface area contributed by atoms with Crippen LogP contribution in [0.1, 0.15) is 16.1 Å². The number of aryl methyl sites for hydroxylation is 1. The predicted octanol–water partition coefficient (Wildman–Crippen LogP) is 3.45. The summed E-state index contributed by atoms with van der Waals surface area (Å²) in [5, 5.41) is 5.77. The van der Waals surface area contributed by atoms with E-state index in [0.29, 0.717) is 5.69 Å². The first-order valence-electron chi connectivity index (χ1n) is 5.81. The molecule has 0 atom stereocenters. The van der Waals surface area contributed by atoms with Crippen molar-refractivity contribution in [3.05, 3.63) is 52.3 Å². The van der Waals surface area contributed by atoms with Gasteiger partial charge in [0, 0.05) is 17.2 Å². The number of halogens is 1. The number of nitrogens with zero attached hydrogens (tertiary/aromatic N) is 1. The zero-order chi connectivity index (χ0) is 13.8. The molecule has 1 heterocycles. The van der Waals surface area contributed by atoms with Crippen LogP contribution >= 0.6 is 15.9 Å². The van der Waals surface area contributed by atoms with Gasteiger partial charge in [-0.3, -0.25) is 4.79 Å². The summed E-state index contributed by atoms with van der Waals surface area (Å²) < 4.78 is 0.962. The van der Waals surface area contributed by atoms with Crippen molar-refractivity contribution in [1.29, 1.82) is 0 Å². The van der Waals surface area contributed by atoms with Gasteiger partial charge in [-0.25, -0.2) is 4.98 Å². The van der Waals surface area contributed by atoms with Gasteiger partial charge >= 0.3 is 0 Å². The molecule has 0 bridgehead atoms. The third-order valence-corrected chi connectivity index (χ3v) is 3.57. The first-order chi connectivity index (χ1) is 9.10. The Balaban J connectivity index is 2.13. The van der Waals surface area contributed by atoms with Crippen molar-refractivity contribution in [1.82, 2.24) is 4.98 Å². The van der Waals surface area contributed by atoms with E-state index in [4.69, 9.17) is 0 Å². The maximum Gasteiger partial charge on any atom is 0.274 e. The predicted molar refractivity (Wildman–Crippen MR) is 80.6 cm³/mol. The number of rotatable bonds is 3. The van der Waals surface area contributed by atoms with E-state index in [1.807, 2.05) is 31.2 Å². The summed E-state index contributed by atoms with van der Waals surface area (Å²) >= 11 is 3.44. The molecule has 0 unspecified atom stereocenters. The molecule has 0 radical (unpaired) electrons. The van der Waals surface area contributed by atoms with Gasteiger partial charge in [-0.05, 0) is 36.8 Å². The smallest absolute Gasteiger partial charge is 0.274 e. The number of carbonyl (C=O) groups excluding carboxylic acids is 1. The quantitative estimate of drug-likeness (QED) is 0.911. The largest absolute Gasteiger partial charge is 0.387 e. The summed E-state index contributed by atoms with van der Waals surface area (Å²) in [6, 6.07) is 9.17. The van der Waals surface area contributed by atoms with Crippen LogP contribution in [0, 0.1) is 6.92 Å². The molecule has 4 nitrogen and oxygen atoms in total. The van der Waals surface area contributed by atoms with Crippen molar-refractivity contribution in [3.8, 4) is 0 Å². The molecule has 0 aliphatic heterocycles. The Morgan fingerprint density at radius 3 is 2.53 bits per heavy atom. The van der Waals surface area contributed by atoms with E-state index in [9.17, 15) is 4.79 Å². The molecule has 2 rings (SSSR count). The second-order valence-corrected chi connectivity index (χ2v) is 4.95. The highest BCUT2D eigenvalue weighted by atomic mass is 79.9. The fraction of sp³-hybridized carbons (Fsp3) is 0.143. The molecular weight excluding hydrogens is 306 g/mol. The highest BCUT2D eigenvalue weighted by molar-refractivity contribution is 9.10. The summed E-state index contributed by atoms with van der Waals surface area (Å²) in [6.45, 7) is 1.99. The van der Waals surface area contributed by atoms with E-state index in [1.165, 1.54) is 0 Å². The van der Waals surface area contributed by atoms with Crippen molar-refractivity contribution in [2.75, 3.05) is 17.7 Å². The van der Waals surface area contributed by atoms with Crippen LogP contribution in [0.15, 0.2) is 41.0 Å². The molecule has 2 aromatic rings. The van der Waals surface area contributed by atoms with E-state index in [2.05, 4.69) is 31.5 Å². The van der Waals surface area contributed by atoms with Crippen LogP contribution in [0.25, 0.3) is 0 Å². The third kappa shape index (κ3) is 3.32. The normalized spacial score (nSPS) is 10.1. The van der Waals surface area contributed by atoms with Crippen LogP contribution in [0.5, 0.6) is 0 Å². The third-order valence-electron chi connectivity index (χ3n) is 2.71. The van der Waals surface area contributed by atoms with Crippen LogP contribution in [0.2, 0.25) is 0 Å². The molecule has 5 heteroatoms. The van der Waals surface area contributed by atoms with E-state index in [1.54, 1.807) is 19.3 Å². The van der Waals surface area contributed by atoms with Gasteiger partial charge in [0.1, 0.15) is 5.69 Å². The van der Waals surface area contributed by atoms with Gasteiger partial charge in [-0.2, -0.15) is 0 Å². The first kappa shape index (κ1) is 13.5. The number of hydrogen-bond donors (Lipinski definition) is 2. The van der Waals surface area contributed by atoms with Crippen molar-refractivity contribution in [3.63, 3.8) is 0 Å². The second kappa shape index (κ2) is 5.84. The van der Waals surface area contributed by atoms with Crippen molar-refractivity contribution < 1.29 is 4.79 Å². The lowest BCUT2D eigenvalue weighted by molar-refractivity contribution is 0.102. The topological polar surface area (TPSA) is 54.0 Å². The molecule has 0 saturated heterocycles. The number of nitrogens with one attached hydrogen (secondary N) is 2. The SMILES string of the molecule is CNc1ccc(C(=O)Nc2ccc(C)c(Br)c2)nc1. The van der Waals surface area contributed by atoms with Crippen LogP contribution in [-0.2, 0) is 0 Å². The fourth-order valence-corrected chi connectivity index (χ4v) is 1.92. The summed E-state index contributed by atoms with van der Waals surface area (Å²) in [4.78, 5) is 16.1. The minimum Gasteiger partial charge on any atom is -0.387 e. The lowest BCUT2D eigenvalue weighted by Gasteiger charge is -2.07. The molecule has 1 aromatic carbocycles. The molecule has 0 fully saturated rings. The molecule has 1 aromatic heterocycles. The Morgan fingerprint density at radius 1 is 1.21 bits per heavy atom. The Bertz CT molecular complexity index is 596. The highest BCUT2D eigenvalue weighted by Crippen LogP contribution is 2.21. The molecule has 19 heavy (non-hydrogen) atoms. The summed E-state index contributed by atoms with van der Waals surface area (Å²) in [7, 11) is 1.81. The van der Waals surface area contributed by atoms with Gasteiger partial charge in [-0.1, -0.05) is 22.0 Å². The average Bonchev–Trinajstić information content (AvgIpc) is 2.43. The number of carbonyl (C=O) groups is 1. The molecule has 2 N–H and O–H groups in total. The Morgan fingerprint density at radius 2 is 1.95 bits per heavy atom. The Kier molecular flexibility index (Phi) is 4.16. The van der Waals surface area contributed by atoms with Crippen molar-refractivity contribution >= 4 is 33.2 Å². The van der Waals surface area contributed by atoms with Crippen molar-refractivity contribution in [2.45, 2.75) is 6.92 Å². The van der Waals surface area contributed by atoms with Crippen molar-refractivity contribution in [2.24, 2.45) is 0 Å². The van der Waals surface area contributed by atoms with E-state index in [-0.39, 0.29) is 5.91 Å². The monoisotopic (exact) mass is 319 g/mol. The number of aromatic nitrogens is 1. The van der Waals surface area contributed by atoms with Crippen LogP contribution in [0.3, 0.4) is 0 Å². The van der Waals surface area contributed by atoms with Gasteiger partial charge < -0.3 is 10.6 Å². The van der Waals surface area contributed by atoms with Crippen LogP contribution < -0.4 is 10.6 Å². The molecule has 0 aliphatic rings. The molecule has 0 aliphatic carbocycles. The molecular formula is C14H14BrN3O. The van der Waals surface area contributed by atoms with Crippen LogP contribution in [-0.4, -0.2) is 17.9 Å². The molecule has 1 amide bonds. The van der Waals surface area contributed by atoms with Gasteiger partial charge in [0.25, 0.3) is 5.91 Å². The maximum absolute atomic E-state index is 12.0. The van der Waals surface area contributed by atoms with Gasteiger partial charge in [0.2, 0.25) is 0 Å². The number of hydrogen-bond acceptors (Lipinski definition) is 3. The van der Waals surface area contributed by atoms with Gasteiger partial charge in [-0.15, -0.1) is 0 Å². The Labute approximate surface area is 120 Å². The maximum atomic E-state index is 12.0. The van der Waals surface area contributed by atoms with Gasteiger partial charge in [0.05, 0.1) is 11.9 Å². The van der Waals surface area contributed by atoms with Gasteiger partial charge in [0.15, 0.2) is 0 Å². The lowest BCUT2D eigenvalue weighted by atomic mass is 10.2. The van der Waals surface area contributed by atoms with E-state index >= 15 is 0 Å². The number of anilines is 2. The average molecular weight is 320 g/mol. The minimum atomic E-state index is -0.224. The molecule has 0 saturated carbocycles. The highest BCUT2D eigenvalue weighted by Gasteiger charge is 2.08. The number of pyridine rings is 1. The zero-order valence-electron chi connectivity index (χ0n) is 10.7. The molecule has 98 valence electrons. The van der Waals surface area contributed by atoms with Crippen LogP contribution in [0.4, 0.5) is 11.4 Å². The fourth-order valence-electron chi connectivity index (χ4n) is 1.54. The van der Waals surface area contributed by atoms with E-state index < -0.39 is 0 Å². The second-order valence-electron chi connectivity index (χ2n) is 4.10. The minimum absolute atomic E-state index is 0.224. The summed E-state index contributed by atoms with van der Waals surface area (Å²) in [5.41, 5.74) is 3.11. The summed E-state index contributed by atoms with van der Waals surface area (Å²) in [6.07, 6.45) is 1.62.